The highest BCUT2D eigenvalue weighted by molar-refractivity contribution is 7.66. The molecule has 5 unspecified atom stereocenters. The van der Waals surface area contributed by atoms with Crippen LogP contribution in [0, 0.1) is 0 Å². The van der Waals surface area contributed by atoms with Crippen molar-refractivity contribution in [2.75, 3.05) is 45.0 Å². The molecule has 11 N–H and O–H groups in total. The second-order valence-electron chi connectivity index (χ2n) is 12.1. The maximum atomic E-state index is 15.2. The monoisotopic (exact) mass is 863 g/mol. The molecule has 32 heteroatoms. The Bertz CT molecular complexity index is 2360. The molecule has 11 atom stereocenters. The standard InChI is InChI=1S/C24H34FN10O18P3/c1-33-8-35(18-13(33)20(39)32-24(27)30-18)21-11(25)14(36)9(50-21)5-48-54(40,41)52-56(44,45)53-55(42,43)49-6-10-15(37)16(47-4-3-46-2)22(51-10)34-7-28-12-17(34)29-23(26)31-19(12)38/h7-11,14-16,21-22,36-37H,3-6H2,1-2H3,(H8-,26,27,29,30,31,32,38,39,40,41,42,43,44,45)/p+1/t9-,10-,11?,14+,15+,16?,21-,22-/m1/s1. The molecule has 0 radical (unpaired) electrons. The van der Waals surface area contributed by atoms with Gasteiger partial charge in [0.15, 0.2) is 23.6 Å². The lowest BCUT2D eigenvalue weighted by molar-refractivity contribution is -0.646. The van der Waals surface area contributed by atoms with Crippen molar-refractivity contribution >= 4 is 57.7 Å². The number of nitrogens with one attached hydrogen (secondary N) is 2. The van der Waals surface area contributed by atoms with Crippen molar-refractivity contribution in [2.24, 2.45) is 7.05 Å². The number of aryl methyl sites for hydroxylation is 1. The summed E-state index contributed by atoms with van der Waals surface area (Å²) >= 11 is 0. The highest BCUT2D eigenvalue weighted by Crippen LogP contribution is 2.68. The van der Waals surface area contributed by atoms with Crippen LogP contribution in [0.15, 0.2) is 22.2 Å². The number of nitrogens with zero attached hydrogens (tertiary/aromatic N) is 6. The number of fused-ring (bicyclic) bond motifs is 2. The summed E-state index contributed by atoms with van der Waals surface area (Å²) in [4.78, 5) is 71.4. The van der Waals surface area contributed by atoms with Crippen LogP contribution in [-0.4, -0.2) is 129 Å². The average molecular weight is 864 g/mol. The zero-order valence-corrected chi connectivity index (χ0v) is 31.4. The van der Waals surface area contributed by atoms with Gasteiger partial charge in [-0.25, -0.2) is 27.6 Å². The first kappa shape index (κ1) is 42.0. The van der Waals surface area contributed by atoms with Gasteiger partial charge >= 0.3 is 29.0 Å². The lowest BCUT2D eigenvalue weighted by atomic mass is 10.1. The van der Waals surface area contributed by atoms with Crippen molar-refractivity contribution in [2.45, 2.75) is 49.1 Å². The van der Waals surface area contributed by atoms with Crippen molar-refractivity contribution < 1.29 is 84.2 Å². The van der Waals surface area contributed by atoms with Crippen LogP contribution < -0.4 is 27.2 Å². The summed E-state index contributed by atoms with van der Waals surface area (Å²) in [5, 5.41) is 21.4. The summed E-state index contributed by atoms with van der Waals surface area (Å²) < 4.78 is 95.8. The Morgan fingerprint density at radius 1 is 0.875 bits per heavy atom. The first-order valence-corrected chi connectivity index (χ1v) is 20.3. The molecule has 2 aliphatic heterocycles. The number of methoxy groups -OCH3 is 1. The van der Waals surface area contributed by atoms with Gasteiger partial charge in [-0.05, 0) is 0 Å². The van der Waals surface area contributed by atoms with E-state index in [1.54, 1.807) is 0 Å². The number of phosphoric acid groups is 3. The van der Waals surface area contributed by atoms with Gasteiger partial charge < -0.3 is 55.3 Å². The lowest BCUT2D eigenvalue weighted by Crippen LogP contribution is -2.36. The molecule has 4 aromatic heterocycles. The fourth-order valence-electron chi connectivity index (χ4n) is 5.84. The van der Waals surface area contributed by atoms with Gasteiger partial charge in [0.25, 0.3) is 16.7 Å². The summed E-state index contributed by atoms with van der Waals surface area (Å²) in [7, 11) is -14.7. The predicted octanol–water partition coefficient (Wildman–Crippen LogP) is -2.90. The molecule has 310 valence electrons. The first-order valence-electron chi connectivity index (χ1n) is 15.8. The fourth-order valence-corrected chi connectivity index (χ4v) is 9.36. The van der Waals surface area contributed by atoms with E-state index < -0.39 is 96.9 Å². The minimum absolute atomic E-state index is 0.0424. The van der Waals surface area contributed by atoms with E-state index in [0.29, 0.717) is 0 Å². The van der Waals surface area contributed by atoms with Crippen LogP contribution in [0.1, 0.15) is 12.5 Å². The van der Waals surface area contributed by atoms with Gasteiger partial charge in [0.2, 0.25) is 24.5 Å². The van der Waals surface area contributed by atoms with Gasteiger partial charge in [-0.2, -0.15) is 23.2 Å². The number of rotatable bonds is 16. The molecule has 0 amide bonds. The third-order valence-corrected chi connectivity index (χ3v) is 12.5. The zero-order chi connectivity index (χ0) is 40.9. The third-order valence-electron chi connectivity index (χ3n) is 8.21. The number of nitrogen functional groups attached to an aromatic ring is 2. The highest BCUT2D eigenvalue weighted by Gasteiger charge is 2.51. The fraction of sp³-hybridized carbons (Fsp3) is 0.583. The van der Waals surface area contributed by atoms with Crippen molar-refractivity contribution in [3.63, 3.8) is 0 Å². The molecule has 2 fully saturated rings. The number of H-pyrrole nitrogens is 2. The summed E-state index contributed by atoms with van der Waals surface area (Å²) in [5.41, 5.74) is 9.45. The maximum absolute atomic E-state index is 15.2. The van der Waals surface area contributed by atoms with E-state index in [1.807, 2.05) is 0 Å². The SMILES string of the molecule is COCCOC1[C@@H](O)[C@@H](COP(=O)(O)OP(=O)(O)OP(=O)(O)OC[C@H]2O[C@@H](n3c[n+](C)c4c(=O)[nH]c(N)nc43)C(F)[C@H]2O)O[C@H]1n1cnc2c(=O)[nH]c(N)nc21. The van der Waals surface area contributed by atoms with E-state index in [1.165, 1.54) is 29.6 Å². The van der Waals surface area contributed by atoms with E-state index in [9.17, 15) is 48.2 Å². The highest BCUT2D eigenvalue weighted by atomic mass is 31.3. The number of hydrogen-bond donors (Lipinski definition) is 9. The second kappa shape index (κ2) is 16.0. The number of aromatic nitrogens is 8. The van der Waals surface area contributed by atoms with E-state index in [0.717, 1.165) is 10.9 Å². The second-order valence-corrected chi connectivity index (χ2v) is 16.7. The minimum atomic E-state index is -6.03. The number of imidazole rings is 2. The van der Waals surface area contributed by atoms with Crippen molar-refractivity contribution in [3.05, 3.63) is 33.4 Å². The molecule has 28 nitrogen and oxygen atoms in total. The zero-order valence-electron chi connectivity index (χ0n) is 28.7. The van der Waals surface area contributed by atoms with Gasteiger partial charge in [0.05, 0.1) is 39.8 Å². The molecule has 0 spiro atoms. The summed E-state index contributed by atoms with van der Waals surface area (Å²) in [6, 6.07) is 0. The Morgan fingerprint density at radius 3 is 2.07 bits per heavy atom. The lowest BCUT2D eigenvalue weighted by Gasteiger charge is -2.22. The molecular weight excluding hydrogens is 828 g/mol. The van der Waals surface area contributed by atoms with Gasteiger partial charge in [0, 0.05) is 7.11 Å². The minimum Gasteiger partial charge on any atom is -0.387 e. The summed E-state index contributed by atoms with van der Waals surface area (Å²) in [6.45, 7) is -2.24. The summed E-state index contributed by atoms with van der Waals surface area (Å²) in [5.74, 6) is -0.598. The van der Waals surface area contributed by atoms with Gasteiger partial charge in [-0.3, -0.25) is 33.2 Å². The molecule has 0 aliphatic carbocycles. The largest absolute Gasteiger partial charge is 0.490 e. The molecule has 2 aliphatic rings. The number of aliphatic hydroxyl groups excluding tert-OH is 2. The van der Waals surface area contributed by atoms with Crippen molar-refractivity contribution in [1.82, 2.24) is 34.1 Å². The third kappa shape index (κ3) is 8.77. The van der Waals surface area contributed by atoms with Crippen LogP contribution in [0.25, 0.3) is 22.3 Å². The van der Waals surface area contributed by atoms with Crippen LogP contribution in [0.3, 0.4) is 0 Å². The number of alkyl halides is 1. The number of nitrogens with two attached hydrogens (primary N) is 2. The van der Waals surface area contributed by atoms with Gasteiger partial charge in [0.1, 0.15) is 30.5 Å². The van der Waals surface area contributed by atoms with E-state index in [2.05, 4.69) is 38.1 Å². The molecule has 6 rings (SSSR count). The maximum Gasteiger partial charge on any atom is 0.490 e. The predicted molar refractivity (Wildman–Crippen MR) is 178 cm³/mol. The molecule has 6 heterocycles. The molecule has 0 saturated carbocycles. The van der Waals surface area contributed by atoms with Crippen LogP contribution in [0.5, 0.6) is 0 Å². The van der Waals surface area contributed by atoms with Crippen molar-refractivity contribution in [3.8, 4) is 0 Å². The Labute approximate surface area is 310 Å². The van der Waals surface area contributed by atoms with Crippen LogP contribution in [0.4, 0.5) is 16.3 Å². The smallest absolute Gasteiger partial charge is 0.387 e. The number of aliphatic hydroxyl groups is 2. The topological polar surface area (TPSA) is 396 Å². The molecule has 0 aromatic carbocycles. The average Bonchev–Trinajstić information content (AvgIpc) is 3.81. The van der Waals surface area contributed by atoms with Crippen LogP contribution >= 0.6 is 23.5 Å². The number of phosphoric ester groups is 2. The molecule has 56 heavy (non-hydrogen) atoms. The van der Waals surface area contributed by atoms with E-state index >= 15 is 4.39 Å². The Morgan fingerprint density at radius 2 is 1.45 bits per heavy atom. The molecule has 0 bridgehead atoms. The number of halogens is 1. The summed E-state index contributed by atoms with van der Waals surface area (Å²) in [6.07, 6.45) is -11.1. The van der Waals surface area contributed by atoms with Crippen LogP contribution in [-0.2, 0) is 57.4 Å². The normalized spacial score (nSPS) is 28.8. The Balaban J connectivity index is 1.07. The van der Waals surface area contributed by atoms with Gasteiger partial charge in [-0.15, -0.1) is 0 Å². The molecule has 2 saturated heterocycles. The van der Waals surface area contributed by atoms with Gasteiger partial charge in [-0.1, -0.05) is 0 Å². The van der Waals surface area contributed by atoms with Crippen LogP contribution in [0.2, 0.25) is 0 Å². The Kier molecular flexibility index (Phi) is 12.0. The van der Waals surface area contributed by atoms with Crippen molar-refractivity contribution in [1.29, 1.82) is 0 Å². The number of hydrogen-bond acceptors (Lipinski definition) is 20. The van der Waals surface area contributed by atoms with E-state index in [-0.39, 0.29) is 47.4 Å². The number of ether oxygens (including phenoxy) is 4. The van der Waals surface area contributed by atoms with E-state index in [4.69, 9.17) is 34.9 Å². The Hall–Kier alpha value is -3.60. The molecule has 4 aromatic rings. The quantitative estimate of drug-likeness (QED) is 0.0310. The number of aromatic amines is 2. The number of anilines is 2. The first-order chi connectivity index (χ1) is 26.2. The molecular formula is C24H35FN10O18P3+.